The number of aliphatic hydroxyl groups excluding tert-OH is 1. The van der Waals surface area contributed by atoms with E-state index in [0.29, 0.717) is 51.7 Å². The van der Waals surface area contributed by atoms with E-state index in [9.17, 15) is 9.90 Å². The molecule has 2 unspecified atom stereocenters. The number of rotatable bonds is 5. The molecular formula is C39H66N2O3. The fourth-order valence-electron chi connectivity index (χ4n) is 14.1. The zero-order chi connectivity index (χ0) is 31.6. The lowest BCUT2D eigenvalue weighted by atomic mass is 9.32. The molecule has 1 aliphatic heterocycles. The average Bonchev–Trinajstić information content (AvgIpc) is 3.56. The standard InChI is InChI=1S/C39H66N2O3/c1-33(2,25-41-21-23-44-24-22-41)40-32(43)39-16-11-26(35(5)17-18-35)31(39)27-9-10-29-36(6)14-13-30(42)34(3,4)28(36)12-15-38(29,8)37(27,7)19-20-39/h26-31,42H,9-25H2,1-8H3,(H,40,43)/t26-,27-,28+,29-,30+,31-,36?,37-,38?,39+/m1/s1. The van der Waals surface area contributed by atoms with E-state index in [4.69, 9.17) is 4.74 Å². The van der Waals surface area contributed by atoms with Gasteiger partial charge in [0.05, 0.1) is 24.7 Å². The fourth-order valence-corrected chi connectivity index (χ4v) is 14.1. The highest BCUT2D eigenvalue weighted by Gasteiger charge is 2.73. The van der Waals surface area contributed by atoms with Gasteiger partial charge in [0.2, 0.25) is 5.91 Å². The first-order chi connectivity index (χ1) is 20.5. The van der Waals surface area contributed by atoms with Crippen molar-refractivity contribution < 1.29 is 14.6 Å². The van der Waals surface area contributed by atoms with E-state index in [1.54, 1.807) is 0 Å². The van der Waals surface area contributed by atoms with Crippen LogP contribution >= 0.6 is 0 Å². The second-order valence-electron chi connectivity index (χ2n) is 19.8. The van der Waals surface area contributed by atoms with Crippen molar-refractivity contribution in [3.8, 4) is 0 Å². The highest BCUT2D eigenvalue weighted by Crippen LogP contribution is 2.79. The van der Waals surface area contributed by atoms with Crippen LogP contribution in [0.2, 0.25) is 0 Å². The van der Waals surface area contributed by atoms with E-state index in [1.165, 1.54) is 57.8 Å². The Kier molecular flexibility index (Phi) is 7.38. The van der Waals surface area contributed by atoms with Crippen molar-refractivity contribution >= 4 is 5.91 Å². The Hall–Kier alpha value is -0.650. The number of hydrogen-bond donors (Lipinski definition) is 2. The Bertz CT molecular complexity index is 1140. The largest absolute Gasteiger partial charge is 0.393 e. The number of fused-ring (bicyclic) bond motifs is 7. The predicted octanol–water partition coefficient (Wildman–Crippen LogP) is 7.46. The van der Waals surface area contributed by atoms with E-state index in [0.717, 1.165) is 52.1 Å². The van der Waals surface area contributed by atoms with Crippen LogP contribution in [0.25, 0.3) is 0 Å². The van der Waals surface area contributed by atoms with Crippen LogP contribution in [0.3, 0.4) is 0 Å². The van der Waals surface area contributed by atoms with Gasteiger partial charge in [-0.2, -0.15) is 0 Å². The van der Waals surface area contributed by atoms with E-state index in [1.807, 2.05) is 0 Å². The van der Waals surface area contributed by atoms with Crippen LogP contribution in [0.5, 0.6) is 0 Å². The summed E-state index contributed by atoms with van der Waals surface area (Å²) in [5.74, 6) is 3.55. The molecule has 10 atom stereocenters. The Morgan fingerprint density at radius 3 is 2.18 bits per heavy atom. The van der Waals surface area contributed by atoms with Crippen molar-refractivity contribution in [1.82, 2.24) is 10.2 Å². The van der Waals surface area contributed by atoms with Gasteiger partial charge >= 0.3 is 0 Å². The molecule has 0 radical (unpaired) electrons. The summed E-state index contributed by atoms with van der Waals surface area (Å²) in [7, 11) is 0. The highest BCUT2D eigenvalue weighted by atomic mass is 16.5. The zero-order valence-corrected chi connectivity index (χ0v) is 29.7. The third kappa shape index (κ3) is 4.42. The molecule has 0 spiro atoms. The monoisotopic (exact) mass is 611 g/mol. The number of ether oxygens (including phenoxy) is 1. The van der Waals surface area contributed by atoms with Gasteiger partial charge in [0.25, 0.3) is 0 Å². The predicted molar refractivity (Wildman–Crippen MR) is 177 cm³/mol. The van der Waals surface area contributed by atoms with Crippen molar-refractivity contribution in [2.75, 3.05) is 32.8 Å². The van der Waals surface area contributed by atoms with Crippen LogP contribution in [0, 0.1) is 62.1 Å². The summed E-state index contributed by atoms with van der Waals surface area (Å²) in [5.41, 5.74) is 0.868. The minimum atomic E-state index is -0.245. The number of carbonyl (C=O) groups is 1. The second-order valence-corrected chi connectivity index (χ2v) is 19.8. The maximum Gasteiger partial charge on any atom is 0.226 e. The van der Waals surface area contributed by atoms with Gasteiger partial charge in [0.1, 0.15) is 0 Å². The van der Waals surface area contributed by atoms with Gasteiger partial charge in [0.15, 0.2) is 0 Å². The summed E-state index contributed by atoms with van der Waals surface area (Å²) in [6, 6.07) is 0. The van der Waals surface area contributed by atoms with Gasteiger partial charge in [-0.25, -0.2) is 0 Å². The summed E-state index contributed by atoms with van der Waals surface area (Å²) in [6.45, 7) is 24.3. The molecular weight excluding hydrogens is 544 g/mol. The van der Waals surface area contributed by atoms with Crippen LogP contribution in [-0.4, -0.2) is 60.4 Å². The van der Waals surface area contributed by atoms with Gasteiger partial charge in [-0.1, -0.05) is 41.5 Å². The fraction of sp³-hybridized carbons (Fsp3) is 0.974. The Balaban J connectivity index is 1.20. The molecule has 6 saturated carbocycles. The zero-order valence-electron chi connectivity index (χ0n) is 29.7. The Morgan fingerprint density at radius 2 is 1.50 bits per heavy atom. The van der Waals surface area contributed by atoms with Crippen LogP contribution < -0.4 is 5.32 Å². The third-order valence-corrected chi connectivity index (χ3v) is 17.0. The lowest BCUT2D eigenvalue weighted by Crippen LogP contribution is -2.68. The number of nitrogens with zero attached hydrogens (tertiary/aromatic N) is 1. The van der Waals surface area contributed by atoms with E-state index < -0.39 is 0 Å². The maximum atomic E-state index is 14.9. The molecule has 44 heavy (non-hydrogen) atoms. The third-order valence-electron chi connectivity index (χ3n) is 17.0. The van der Waals surface area contributed by atoms with E-state index in [-0.39, 0.29) is 27.9 Å². The molecule has 1 amide bonds. The molecule has 0 aromatic carbocycles. The van der Waals surface area contributed by atoms with Crippen molar-refractivity contribution in [3.05, 3.63) is 0 Å². The van der Waals surface area contributed by atoms with Gasteiger partial charge in [-0.15, -0.1) is 0 Å². The molecule has 250 valence electrons. The van der Waals surface area contributed by atoms with Crippen molar-refractivity contribution in [1.29, 1.82) is 0 Å². The lowest BCUT2D eigenvalue weighted by molar-refractivity contribution is -0.248. The Labute approximate surface area is 269 Å². The van der Waals surface area contributed by atoms with Gasteiger partial charge in [-0.3, -0.25) is 9.69 Å². The number of nitrogens with one attached hydrogen (secondary N) is 1. The molecule has 5 heteroatoms. The molecule has 1 heterocycles. The highest BCUT2D eigenvalue weighted by molar-refractivity contribution is 5.84. The number of morpholine rings is 1. The Morgan fingerprint density at radius 1 is 0.795 bits per heavy atom. The van der Waals surface area contributed by atoms with Crippen LogP contribution in [0.4, 0.5) is 0 Å². The molecule has 6 aliphatic carbocycles. The maximum absolute atomic E-state index is 14.9. The number of carbonyl (C=O) groups excluding carboxylic acids is 1. The molecule has 2 N–H and O–H groups in total. The summed E-state index contributed by atoms with van der Waals surface area (Å²) in [4.78, 5) is 17.3. The first kappa shape index (κ1) is 31.9. The SMILES string of the molecule is CC(C)(CN1CCOCC1)NC(=O)[C@]12CC[C@@H](C3(C)CC3)[C@@H]1[C@H]1CC[C@@H]3C4(C)CC[C@H](O)C(C)(C)[C@@H]4CCC3(C)[C@]1(C)CC2. The molecule has 0 aromatic heterocycles. The first-order valence-corrected chi connectivity index (χ1v) is 18.8. The van der Waals surface area contributed by atoms with Crippen molar-refractivity contribution in [2.45, 2.75) is 144 Å². The summed E-state index contributed by atoms with van der Waals surface area (Å²) in [5, 5.41) is 14.8. The molecule has 7 fully saturated rings. The van der Waals surface area contributed by atoms with Crippen LogP contribution in [-0.2, 0) is 9.53 Å². The average molecular weight is 611 g/mol. The van der Waals surface area contributed by atoms with Gasteiger partial charge < -0.3 is 15.2 Å². The molecule has 7 aliphatic rings. The molecule has 1 saturated heterocycles. The lowest BCUT2D eigenvalue weighted by Gasteiger charge is -2.73. The van der Waals surface area contributed by atoms with E-state index in [2.05, 4.69) is 65.6 Å². The van der Waals surface area contributed by atoms with Gasteiger partial charge in [-0.05, 0) is 148 Å². The first-order valence-electron chi connectivity index (χ1n) is 18.8. The summed E-state index contributed by atoms with van der Waals surface area (Å²) >= 11 is 0. The minimum absolute atomic E-state index is 0.00295. The number of aliphatic hydroxyl groups is 1. The molecule has 7 rings (SSSR count). The summed E-state index contributed by atoms with van der Waals surface area (Å²) in [6.07, 6.45) is 14.5. The molecule has 5 nitrogen and oxygen atoms in total. The van der Waals surface area contributed by atoms with Gasteiger partial charge in [0, 0.05) is 25.2 Å². The number of hydrogen-bond acceptors (Lipinski definition) is 4. The number of amides is 1. The van der Waals surface area contributed by atoms with Crippen LogP contribution in [0.1, 0.15) is 132 Å². The quantitative estimate of drug-likeness (QED) is 0.339. The van der Waals surface area contributed by atoms with Crippen molar-refractivity contribution in [2.24, 2.45) is 62.1 Å². The minimum Gasteiger partial charge on any atom is -0.393 e. The smallest absolute Gasteiger partial charge is 0.226 e. The summed E-state index contributed by atoms with van der Waals surface area (Å²) < 4.78 is 5.61. The van der Waals surface area contributed by atoms with Crippen molar-refractivity contribution in [3.63, 3.8) is 0 Å². The second kappa shape index (κ2) is 10.2. The molecule has 0 aromatic rings. The van der Waals surface area contributed by atoms with Crippen LogP contribution in [0.15, 0.2) is 0 Å². The normalized spacial score (nSPS) is 49.7. The molecule has 0 bridgehead atoms. The van der Waals surface area contributed by atoms with E-state index >= 15 is 0 Å². The topological polar surface area (TPSA) is 61.8 Å².